The van der Waals surface area contributed by atoms with E-state index in [-0.39, 0.29) is 18.2 Å². The van der Waals surface area contributed by atoms with Gasteiger partial charge in [0.05, 0.1) is 0 Å². The van der Waals surface area contributed by atoms with Crippen LogP contribution in [0.5, 0.6) is 5.75 Å². The molecule has 0 bridgehead atoms. The summed E-state index contributed by atoms with van der Waals surface area (Å²) in [5.41, 5.74) is 2.11. The van der Waals surface area contributed by atoms with Crippen LogP contribution in [0.3, 0.4) is 0 Å². The number of carbonyl (C=O) groups is 1. The van der Waals surface area contributed by atoms with Crippen LogP contribution in [0, 0.1) is 5.82 Å². The van der Waals surface area contributed by atoms with E-state index in [1.165, 1.54) is 6.07 Å². The molecule has 1 aliphatic carbocycles. The minimum Gasteiger partial charge on any atom is -0.488 e. The second kappa shape index (κ2) is 5.86. The zero-order valence-electron chi connectivity index (χ0n) is 11.4. The summed E-state index contributed by atoms with van der Waals surface area (Å²) in [4.78, 5) is 11.9. The van der Waals surface area contributed by atoms with E-state index in [0.29, 0.717) is 22.8 Å². The van der Waals surface area contributed by atoms with Gasteiger partial charge in [-0.1, -0.05) is 29.8 Å². The molecular weight excluding hydrogens is 291 g/mol. The van der Waals surface area contributed by atoms with Gasteiger partial charge in [-0.25, -0.2) is 4.39 Å². The maximum atomic E-state index is 13.7. The Hall–Kier alpha value is -1.87. The molecule has 0 fully saturated rings. The van der Waals surface area contributed by atoms with Gasteiger partial charge in [0.2, 0.25) is 0 Å². The van der Waals surface area contributed by atoms with Crippen LogP contribution in [-0.2, 0) is 13.0 Å². The van der Waals surface area contributed by atoms with Gasteiger partial charge in [-0.2, -0.15) is 0 Å². The summed E-state index contributed by atoms with van der Waals surface area (Å²) in [6.45, 7) is 0.119. The maximum Gasteiger partial charge on any atom is 0.163 e. The third kappa shape index (κ3) is 2.93. The second-order valence-electron chi connectivity index (χ2n) is 5.08. The summed E-state index contributed by atoms with van der Waals surface area (Å²) in [7, 11) is 0. The Labute approximate surface area is 127 Å². The topological polar surface area (TPSA) is 26.3 Å². The first kappa shape index (κ1) is 14.1. The maximum absolute atomic E-state index is 13.7. The molecule has 0 amide bonds. The zero-order valence-corrected chi connectivity index (χ0v) is 12.1. The minimum absolute atomic E-state index is 0.119. The number of fused-ring (bicyclic) bond motifs is 1. The molecule has 0 unspecified atom stereocenters. The van der Waals surface area contributed by atoms with Gasteiger partial charge in [-0.15, -0.1) is 0 Å². The van der Waals surface area contributed by atoms with Gasteiger partial charge >= 0.3 is 0 Å². The van der Waals surface area contributed by atoms with E-state index in [1.54, 1.807) is 18.2 Å². The summed E-state index contributed by atoms with van der Waals surface area (Å²) >= 11 is 5.73. The Morgan fingerprint density at radius 3 is 2.86 bits per heavy atom. The van der Waals surface area contributed by atoms with Gasteiger partial charge in [0, 0.05) is 28.1 Å². The lowest BCUT2D eigenvalue weighted by atomic mass is 9.90. The fraction of sp³-hybridized carbons (Fsp3) is 0.235. The van der Waals surface area contributed by atoms with E-state index >= 15 is 0 Å². The molecule has 2 aromatic rings. The first-order valence-corrected chi connectivity index (χ1v) is 7.25. The summed E-state index contributed by atoms with van der Waals surface area (Å²) in [5.74, 6) is 0.428. The number of rotatable bonds is 3. The number of Topliss-reactive ketones (excluding diaryl/α,β-unsaturated/α-hetero) is 1. The average Bonchev–Trinajstić information content (AvgIpc) is 2.47. The van der Waals surface area contributed by atoms with E-state index in [2.05, 4.69) is 0 Å². The smallest absolute Gasteiger partial charge is 0.163 e. The Balaban J connectivity index is 1.83. The highest BCUT2D eigenvalue weighted by Gasteiger charge is 2.20. The second-order valence-corrected chi connectivity index (χ2v) is 5.52. The van der Waals surface area contributed by atoms with E-state index in [0.717, 1.165) is 24.0 Å². The van der Waals surface area contributed by atoms with Crippen molar-refractivity contribution in [2.75, 3.05) is 0 Å². The largest absolute Gasteiger partial charge is 0.488 e. The van der Waals surface area contributed by atoms with Crippen molar-refractivity contribution in [1.29, 1.82) is 0 Å². The van der Waals surface area contributed by atoms with E-state index in [1.807, 2.05) is 12.1 Å². The predicted octanol–water partition coefficient (Wildman–Crippen LogP) is 4.58. The summed E-state index contributed by atoms with van der Waals surface area (Å²) in [6, 6.07) is 9.96. The van der Waals surface area contributed by atoms with Crippen LogP contribution in [0.15, 0.2) is 36.4 Å². The lowest BCUT2D eigenvalue weighted by Gasteiger charge is -2.18. The number of hydrogen-bond acceptors (Lipinski definition) is 2. The zero-order chi connectivity index (χ0) is 14.8. The van der Waals surface area contributed by atoms with Gasteiger partial charge in [0.15, 0.2) is 5.78 Å². The Morgan fingerprint density at radius 1 is 1.19 bits per heavy atom. The van der Waals surface area contributed by atoms with Gasteiger partial charge in [0.25, 0.3) is 0 Å². The molecule has 0 saturated heterocycles. The van der Waals surface area contributed by atoms with Crippen molar-refractivity contribution in [3.05, 3.63) is 63.9 Å². The van der Waals surface area contributed by atoms with Crippen molar-refractivity contribution in [3.8, 4) is 5.75 Å². The third-order valence-corrected chi connectivity index (χ3v) is 3.90. The van der Waals surface area contributed by atoms with Gasteiger partial charge in [-0.3, -0.25) is 4.79 Å². The van der Waals surface area contributed by atoms with Crippen molar-refractivity contribution in [2.45, 2.75) is 25.9 Å². The lowest BCUT2D eigenvalue weighted by molar-refractivity contribution is 0.0971. The number of benzene rings is 2. The van der Waals surface area contributed by atoms with Crippen molar-refractivity contribution < 1.29 is 13.9 Å². The predicted molar refractivity (Wildman–Crippen MR) is 79.5 cm³/mol. The number of halogens is 2. The molecule has 1 aliphatic rings. The van der Waals surface area contributed by atoms with E-state index in [4.69, 9.17) is 16.3 Å². The molecule has 0 N–H and O–H groups in total. The van der Waals surface area contributed by atoms with Crippen molar-refractivity contribution in [1.82, 2.24) is 0 Å². The minimum atomic E-state index is -0.386. The molecule has 3 rings (SSSR count). The van der Waals surface area contributed by atoms with Crippen LogP contribution in [0.4, 0.5) is 4.39 Å². The molecular formula is C17H14ClFO2. The molecule has 2 aromatic carbocycles. The highest BCUT2D eigenvalue weighted by Crippen LogP contribution is 2.30. The fourth-order valence-electron chi connectivity index (χ4n) is 2.57. The number of carbonyl (C=O) groups excluding carboxylic acids is 1. The number of ether oxygens (including phenoxy) is 1. The van der Waals surface area contributed by atoms with Crippen LogP contribution in [0.1, 0.15) is 34.3 Å². The van der Waals surface area contributed by atoms with Crippen LogP contribution < -0.4 is 4.74 Å². The SMILES string of the molecule is O=C1CCCc2c(OCc3ccc(Cl)cc3F)cccc21. The van der Waals surface area contributed by atoms with Gasteiger partial charge in [0.1, 0.15) is 18.2 Å². The number of hydrogen-bond donors (Lipinski definition) is 0. The molecule has 0 radical (unpaired) electrons. The standard InChI is InChI=1S/C17H14ClFO2/c18-12-8-7-11(15(19)9-12)10-21-17-6-2-3-13-14(17)4-1-5-16(13)20/h2-3,6-9H,1,4-5,10H2. The first-order chi connectivity index (χ1) is 10.1. The van der Waals surface area contributed by atoms with Crippen molar-refractivity contribution in [3.63, 3.8) is 0 Å². The molecule has 2 nitrogen and oxygen atoms in total. The van der Waals surface area contributed by atoms with Crippen LogP contribution in [-0.4, -0.2) is 5.78 Å². The fourth-order valence-corrected chi connectivity index (χ4v) is 2.73. The first-order valence-electron chi connectivity index (χ1n) is 6.87. The molecule has 108 valence electrons. The molecule has 0 saturated carbocycles. The normalized spacial score (nSPS) is 13.9. The molecule has 0 spiro atoms. The van der Waals surface area contributed by atoms with E-state index in [9.17, 15) is 9.18 Å². The molecule has 0 heterocycles. The quantitative estimate of drug-likeness (QED) is 0.830. The Kier molecular flexibility index (Phi) is 3.93. The molecule has 21 heavy (non-hydrogen) atoms. The molecule has 4 heteroatoms. The van der Waals surface area contributed by atoms with Crippen LogP contribution in [0.25, 0.3) is 0 Å². The van der Waals surface area contributed by atoms with E-state index < -0.39 is 0 Å². The van der Waals surface area contributed by atoms with Gasteiger partial charge in [-0.05, 0) is 31.0 Å². The monoisotopic (exact) mass is 304 g/mol. The highest BCUT2D eigenvalue weighted by atomic mass is 35.5. The molecule has 0 aliphatic heterocycles. The van der Waals surface area contributed by atoms with Gasteiger partial charge < -0.3 is 4.74 Å². The Bertz CT molecular complexity index is 697. The van der Waals surface area contributed by atoms with Crippen LogP contribution in [0.2, 0.25) is 5.02 Å². The highest BCUT2D eigenvalue weighted by molar-refractivity contribution is 6.30. The van der Waals surface area contributed by atoms with Crippen LogP contribution >= 0.6 is 11.6 Å². The third-order valence-electron chi connectivity index (χ3n) is 3.66. The summed E-state index contributed by atoms with van der Waals surface area (Å²) in [6.07, 6.45) is 2.24. The van der Waals surface area contributed by atoms with Crippen molar-refractivity contribution >= 4 is 17.4 Å². The summed E-state index contributed by atoms with van der Waals surface area (Å²) in [5, 5.41) is 0.360. The Morgan fingerprint density at radius 2 is 2.05 bits per heavy atom. The number of ketones is 1. The summed E-state index contributed by atoms with van der Waals surface area (Å²) < 4.78 is 19.5. The van der Waals surface area contributed by atoms with Crippen molar-refractivity contribution in [2.24, 2.45) is 0 Å². The lowest BCUT2D eigenvalue weighted by Crippen LogP contribution is -2.12. The molecule has 0 atom stereocenters. The average molecular weight is 305 g/mol. The molecule has 0 aromatic heterocycles.